The highest BCUT2D eigenvalue weighted by atomic mass is 32.2. The SMILES string of the molecule is O=S(=O)(NC[C@](O)(c1ccccc1)C(F)(F)F)c1ccc(OC(F)(F)F)cc1. The van der Waals surface area contributed by atoms with Crippen molar-refractivity contribution >= 4 is 10.0 Å². The molecule has 0 unspecified atom stereocenters. The topological polar surface area (TPSA) is 75.6 Å². The summed E-state index contributed by atoms with van der Waals surface area (Å²) < 4.78 is 106. The molecule has 0 heterocycles. The van der Waals surface area contributed by atoms with E-state index in [4.69, 9.17) is 0 Å². The molecule has 0 saturated carbocycles. The second-order valence-electron chi connectivity index (χ2n) is 5.57. The number of benzene rings is 2. The lowest BCUT2D eigenvalue weighted by Crippen LogP contribution is -2.51. The number of hydrogen-bond acceptors (Lipinski definition) is 4. The van der Waals surface area contributed by atoms with Crippen LogP contribution >= 0.6 is 0 Å². The first-order valence-electron chi connectivity index (χ1n) is 7.45. The summed E-state index contributed by atoms with van der Waals surface area (Å²) in [6.07, 6.45) is -10.2. The molecule has 0 radical (unpaired) electrons. The molecule has 0 bridgehead atoms. The lowest BCUT2D eigenvalue weighted by Gasteiger charge is -2.31. The van der Waals surface area contributed by atoms with Gasteiger partial charge in [0.1, 0.15) is 5.75 Å². The first kappa shape index (κ1) is 22.0. The van der Waals surface area contributed by atoms with Gasteiger partial charge in [0, 0.05) is 0 Å². The Kier molecular flexibility index (Phi) is 5.97. The summed E-state index contributed by atoms with van der Waals surface area (Å²) in [4.78, 5) is -0.611. The van der Waals surface area contributed by atoms with Crippen LogP contribution in [0, 0.1) is 0 Å². The zero-order chi connectivity index (χ0) is 21.2. The molecule has 154 valence electrons. The van der Waals surface area contributed by atoms with Crippen molar-refractivity contribution < 1.29 is 44.6 Å². The molecule has 2 aromatic carbocycles. The molecule has 28 heavy (non-hydrogen) atoms. The summed E-state index contributed by atoms with van der Waals surface area (Å²) in [7, 11) is -4.57. The lowest BCUT2D eigenvalue weighted by molar-refractivity contribution is -0.274. The smallest absolute Gasteiger partial charge is 0.406 e. The number of alkyl halides is 6. The molecule has 5 nitrogen and oxygen atoms in total. The van der Waals surface area contributed by atoms with E-state index in [1.54, 1.807) is 4.72 Å². The van der Waals surface area contributed by atoms with Crippen LogP contribution in [-0.2, 0) is 15.6 Å². The Morgan fingerprint density at radius 1 is 0.893 bits per heavy atom. The van der Waals surface area contributed by atoms with Gasteiger partial charge >= 0.3 is 12.5 Å². The predicted octanol–water partition coefficient (Wildman–Crippen LogP) is 3.31. The Hall–Kier alpha value is -2.31. The van der Waals surface area contributed by atoms with E-state index < -0.39 is 50.9 Å². The molecule has 0 aromatic heterocycles. The Labute approximate surface area is 155 Å². The van der Waals surface area contributed by atoms with Gasteiger partial charge < -0.3 is 9.84 Å². The zero-order valence-corrected chi connectivity index (χ0v) is 14.6. The third-order valence-corrected chi connectivity index (χ3v) is 5.02. The minimum absolute atomic E-state index is 0.584. The van der Waals surface area contributed by atoms with E-state index in [1.807, 2.05) is 0 Å². The summed E-state index contributed by atoms with van der Waals surface area (Å²) in [6.45, 7) is -1.44. The number of sulfonamides is 1. The van der Waals surface area contributed by atoms with Gasteiger partial charge in [-0.1, -0.05) is 30.3 Å². The van der Waals surface area contributed by atoms with Crippen molar-refractivity contribution in [3.05, 3.63) is 60.2 Å². The van der Waals surface area contributed by atoms with Crippen molar-refractivity contribution in [1.29, 1.82) is 0 Å². The van der Waals surface area contributed by atoms with Crippen molar-refractivity contribution in [2.24, 2.45) is 0 Å². The Bertz CT molecular complexity index is 897. The predicted molar refractivity (Wildman–Crippen MR) is 84.7 cm³/mol. The largest absolute Gasteiger partial charge is 0.573 e. The molecular weight excluding hydrogens is 416 g/mol. The third-order valence-electron chi connectivity index (χ3n) is 3.61. The fourth-order valence-electron chi connectivity index (χ4n) is 2.18. The maximum Gasteiger partial charge on any atom is 0.573 e. The summed E-state index contributed by atoms with van der Waals surface area (Å²) in [5, 5.41) is 10.1. The van der Waals surface area contributed by atoms with Crippen LogP contribution in [0.2, 0.25) is 0 Å². The number of hydrogen-bond donors (Lipinski definition) is 2. The summed E-state index contributed by atoms with van der Waals surface area (Å²) in [5.74, 6) is -0.706. The van der Waals surface area contributed by atoms with Crippen LogP contribution in [-0.4, -0.2) is 32.6 Å². The molecule has 0 aliphatic carbocycles. The lowest BCUT2D eigenvalue weighted by atomic mass is 9.93. The van der Waals surface area contributed by atoms with E-state index in [0.717, 1.165) is 24.3 Å². The van der Waals surface area contributed by atoms with Crippen LogP contribution < -0.4 is 9.46 Å². The highest BCUT2D eigenvalue weighted by Gasteiger charge is 2.55. The van der Waals surface area contributed by atoms with Crippen LogP contribution in [0.4, 0.5) is 26.3 Å². The van der Waals surface area contributed by atoms with Gasteiger partial charge in [0.15, 0.2) is 5.60 Å². The minimum atomic E-state index is -5.21. The molecule has 12 heteroatoms. The second-order valence-corrected chi connectivity index (χ2v) is 7.33. The molecule has 1 atom stereocenters. The number of aliphatic hydroxyl groups is 1. The number of rotatable bonds is 6. The van der Waals surface area contributed by atoms with Crippen molar-refractivity contribution in [2.75, 3.05) is 6.54 Å². The van der Waals surface area contributed by atoms with E-state index in [9.17, 15) is 39.9 Å². The van der Waals surface area contributed by atoms with Crippen LogP contribution in [0.15, 0.2) is 59.5 Å². The molecule has 2 rings (SSSR count). The van der Waals surface area contributed by atoms with Crippen molar-refractivity contribution in [1.82, 2.24) is 4.72 Å². The van der Waals surface area contributed by atoms with Crippen LogP contribution in [0.5, 0.6) is 5.75 Å². The molecule has 2 aromatic rings. The standard InChI is InChI=1S/C16H13F6NO4S/c17-15(18,19)14(24,11-4-2-1-3-5-11)10-23-28(25,26)13-8-6-12(7-9-13)27-16(20,21)22/h1-9,23-24H,10H2/t14-/m0/s1. The molecule has 0 aliphatic heterocycles. The van der Waals surface area contributed by atoms with Crippen molar-refractivity contribution in [3.63, 3.8) is 0 Å². The Morgan fingerprint density at radius 3 is 1.89 bits per heavy atom. The van der Waals surface area contributed by atoms with Crippen LogP contribution in [0.1, 0.15) is 5.56 Å². The van der Waals surface area contributed by atoms with Gasteiger partial charge in [-0.15, -0.1) is 13.2 Å². The second kappa shape index (κ2) is 7.60. The maximum atomic E-state index is 13.4. The first-order valence-corrected chi connectivity index (χ1v) is 8.93. The molecular formula is C16H13F6NO4S. The molecule has 0 fully saturated rings. The van der Waals surface area contributed by atoms with Crippen LogP contribution in [0.25, 0.3) is 0 Å². The fourth-order valence-corrected chi connectivity index (χ4v) is 3.24. The van der Waals surface area contributed by atoms with Gasteiger partial charge in [-0.05, 0) is 29.8 Å². The summed E-state index contributed by atoms with van der Waals surface area (Å²) in [6, 6.07) is 8.66. The average Bonchev–Trinajstić information content (AvgIpc) is 2.58. The van der Waals surface area contributed by atoms with E-state index in [-0.39, 0.29) is 0 Å². The molecule has 0 saturated heterocycles. The first-order chi connectivity index (χ1) is 12.7. The van der Waals surface area contributed by atoms with Gasteiger partial charge in [-0.2, -0.15) is 13.2 Å². The van der Waals surface area contributed by atoms with E-state index in [1.165, 1.54) is 18.2 Å². The molecule has 0 amide bonds. The van der Waals surface area contributed by atoms with Crippen LogP contribution in [0.3, 0.4) is 0 Å². The van der Waals surface area contributed by atoms with Gasteiger partial charge in [-0.25, -0.2) is 13.1 Å². The monoisotopic (exact) mass is 429 g/mol. The Morgan fingerprint density at radius 2 is 1.43 bits per heavy atom. The van der Waals surface area contributed by atoms with Crippen molar-refractivity contribution in [2.45, 2.75) is 23.0 Å². The number of ether oxygens (including phenoxy) is 1. The third kappa shape index (κ3) is 5.14. The van der Waals surface area contributed by atoms with Gasteiger partial charge in [0.2, 0.25) is 10.0 Å². The fraction of sp³-hybridized carbons (Fsp3) is 0.250. The molecule has 0 aliphatic rings. The zero-order valence-electron chi connectivity index (χ0n) is 13.8. The summed E-state index contributed by atoms with van der Waals surface area (Å²) in [5.41, 5.74) is -4.10. The van der Waals surface area contributed by atoms with Crippen molar-refractivity contribution in [3.8, 4) is 5.75 Å². The quantitative estimate of drug-likeness (QED) is 0.691. The highest BCUT2D eigenvalue weighted by molar-refractivity contribution is 7.89. The van der Waals surface area contributed by atoms with Gasteiger partial charge in [0.25, 0.3) is 0 Å². The maximum absolute atomic E-state index is 13.4. The minimum Gasteiger partial charge on any atom is -0.406 e. The van der Waals surface area contributed by atoms with Gasteiger partial charge in [0.05, 0.1) is 11.4 Å². The van der Waals surface area contributed by atoms with E-state index in [2.05, 4.69) is 4.74 Å². The highest BCUT2D eigenvalue weighted by Crippen LogP contribution is 2.38. The Balaban J connectivity index is 2.23. The number of nitrogens with one attached hydrogen (secondary N) is 1. The normalized spacial score (nSPS) is 15.1. The molecule has 0 spiro atoms. The molecule has 2 N–H and O–H groups in total. The van der Waals surface area contributed by atoms with E-state index in [0.29, 0.717) is 12.1 Å². The number of halogens is 6. The van der Waals surface area contributed by atoms with Gasteiger partial charge in [-0.3, -0.25) is 0 Å². The average molecular weight is 429 g/mol. The van der Waals surface area contributed by atoms with E-state index >= 15 is 0 Å². The summed E-state index contributed by atoms with van der Waals surface area (Å²) >= 11 is 0.